The molecule has 1 aromatic heterocycles. The van der Waals surface area contributed by atoms with Crippen molar-refractivity contribution in [2.45, 2.75) is 6.42 Å². The van der Waals surface area contributed by atoms with Crippen LogP contribution in [0.2, 0.25) is 5.02 Å². The fraction of sp³-hybridized carbons (Fsp3) is 0.136. The molecule has 8 heteroatoms. The Morgan fingerprint density at radius 2 is 1.97 bits per heavy atom. The fourth-order valence-corrected chi connectivity index (χ4v) is 4.24. The molecule has 2 N–H and O–H groups in total. The Labute approximate surface area is 182 Å². The third-order valence-electron chi connectivity index (χ3n) is 4.72. The summed E-state index contributed by atoms with van der Waals surface area (Å²) < 4.78 is 0. The predicted molar refractivity (Wildman–Crippen MR) is 119 cm³/mol. The van der Waals surface area contributed by atoms with Crippen molar-refractivity contribution in [1.82, 2.24) is 15.2 Å². The monoisotopic (exact) mass is 439 g/mol. The lowest BCUT2D eigenvalue weighted by Crippen LogP contribution is -2.40. The normalized spacial score (nSPS) is 15.4. The van der Waals surface area contributed by atoms with E-state index >= 15 is 0 Å². The van der Waals surface area contributed by atoms with Gasteiger partial charge in [0.15, 0.2) is 0 Å². The number of halogens is 1. The van der Waals surface area contributed by atoms with Gasteiger partial charge in [0.05, 0.1) is 4.91 Å². The number of rotatable bonds is 6. The third-order valence-corrected chi connectivity index (χ3v) is 5.86. The van der Waals surface area contributed by atoms with Gasteiger partial charge in [-0.25, -0.2) is 0 Å². The number of imide groups is 1. The molecule has 1 fully saturated rings. The highest BCUT2D eigenvalue weighted by Crippen LogP contribution is 2.31. The molecule has 0 unspecified atom stereocenters. The van der Waals surface area contributed by atoms with E-state index in [0.717, 1.165) is 38.7 Å². The number of benzene rings is 2. The lowest BCUT2D eigenvalue weighted by atomic mass is 10.1. The quantitative estimate of drug-likeness (QED) is 0.563. The minimum absolute atomic E-state index is 0.295. The first-order valence-corrected chi connectivity index (χ1v) is 10.5. The second-order valence-electron chi connectivity index (χ2n) is 6.78. The summed E-state index contributed by atoms with van der Waals surface area (Å²) in [6, 6.07) is 14.9. The van der Waals surface area contributed by atoms with Crippen molar-refractivity contribution < 1.29 is 14.4 Å². The zero-order chi connectivity index (χ0) is 21.1. The van der Waals surface area contributed by atoms with Gasteiger partial charge in [0.2, 0.25) is 5.91 Å². The fourth-order valence-electron chi connectivity index (χ4n) is 3.23. The number of aromatic nitrogens is 1. The van der Waals surface area contributed by atoms with Crippen LogP contribution in [0.15, 0.2) is 59.6 Å². The highest BCUT2D eigenvalue weighted by Gasteiger charge is 2.36. The van der Waals surface area contributed by atoms with Crippen molar-refractivity contribution in [2.75, 3.05) is 13.1 Å². The number of carbonyl (C=O) groups is 3. The zero-order valence-corrected chi connectivity index (χ0v) is 17.4. The number of thioether (sulfide) groups is 1. The van der Waals surface area contributed by atoms with Crippen LogP contribution in [-0.2, 0) is 16.0 Å². The molecule has 0 aliphatic carbocycles. The van der Waals surface area contributed by atoms with Crippen LogP contribution in [0.4, 0.5) is 4.79 Å². The zero-order valence-electron chi connectivity index (χ0n) is 15.9. The van der Waals surface area contributed by atoms with E-state index in [2.05, 4.69) is 10.3 Å². The first kappa shape index (κ1) is 20.3. The van der Waals surface area contributed by atoms with Crippen LogP contribution in [0.3, 0.4) is 0 Å². The predicted octanol–water partition coefficient (Wildman–Crippen LogP) is 4.22. The molecular weight excluding hydrogens is 422 g/mol. The molecule has 152 valence electrons. The maximum Gasteiger partial charge on any atom is 0.294 e. The van der Waals surface area contributed by atoms with Gasteiger partial charge in [-0.05, 0) is 53.6 Å². The highest BCUT2D eigenvalue weighted by atomic mass is 35.5. The van der Waals surface area contributed by atoms with Crippen LogP contribution < -0.4 is 5.32 Å². The second-order valence-corrected chi connectivity index (χ2v) is 8.21. The lowest BCUT2D eigenvalue weighted by Gasteiger charge is -2.12. The van der Waals surface area contributed by atoms with Gasteiger partial charge in [0.1, 0.15) is 6.54 Å². The summed E-state index contributed by atoms with van der Waals surface area (Å²) in [4.78, 5) is 41.4. The van der Waals surface area contributed by atoms with E-state index in [9.17, 15) is 14.4 Å². The van der Waals surface area contributed by atoms with Gasteiger partial charge in [0, 0.05) is 28.7 Å². The number of aromatic amines is 1. The Hall–Kier alpha value is -3.03. The van der Waals surface area contributed by atoms with Crippen LogP contribution in [0.25, 0.3) is 17.0 Å². The van der Waals surface area contributed by atoms with E-state index in [4.69, 9.17) is 11.6 Å². The number of amides is 3. The maximum absolute atomic E-state index is 12.5. The van der Waals surface area contributed by atoms with Crippen LogP contribution in [0.5, 0.6) is 0 Å². The summed E-state index contributed by atoms with van der Waals surface area (Å²) in [5.74, 6) is -0.827. The molecule has 2 aromatic carbocycles. The van der Waals surface area contributed by atoms with Crippen molar-refractivity contribution in [3.8, 4) is 0 Å². The van der Waals surface area contributed by atoms with Gasteiger partial charge < -0.3 is 10.3 Å². The Morgan fingerprint density at radius 1 is 1.17 bits per heavy atom. The van der Waals surface area contributed by atoms with E-state index < -0.39 is 11.1 Å². The minimum atomic E-state index is -0.449. The van der Waals surface area contributed by atoms with Gasteiger partial charge in [0.25, 0.3) is 11.1 Å². The summed E-state index contributed by atoms with van der Waals surface area (Å²) in [5.41, 5.74) is 2.83. The molecule has 4 rings (SSSR count). The smallest absolute Gasteiger partial charge is 0.294 e. The van der Waals surface area contributed by atoms with E-state index in [0.29, 0.717) is 22.9 Å². The molecular formula is C22H18ClN3O3S. The van der Waals surface area contributed by atoms with Crippen molar-refractivity contribution in [1.29, 1.82) is 0 Å². The molecule has 0 spiro atoms. The van der Waals surface area contributed by atoms with Gasteiger partial charge in [-0.3, -0.25) is 19.3 Å². The molecule has 0 radical (unpaired) electrons. The Bertz CT molecular complexity index is 1160. The van der Waals surface area contributed by atoms with Crippen molar-refractivity contribution in [2.24, 2.45) is 0 Å². The number of carbonyl (C=O) groups excluding carboxylic acids is 3. The molecule has 30 heavy (non-hydrogen) atoms. The summed E-state index contributed by atoms with van der Waals surface area (Å²) >= 11 is 6.90. The van der Waals surface area contributed by atoms with Gasteiger partial charge >= 0.3 is 0 Å². The molecule has 3 aromatic rings. The maximum atomic E-state index is 12.5. The van der Waals surface area contributed by atoms with Gasteiger partial charge in [-0.2, -0.15) is 0 Å². The number of hydrogen-bond donors (Lipinski definition) is 2. The van der Waals surface area contributed by atoms with E-state index in [1.165, 1.54) is 0 Å². The minimum Gasteiger partial charge on any atom is -0.361 e. The average molecular weight is 440 g/mol. The van der Waals surface area contributed by atoms with Crippen molar-refractivity contribution >= 4 is 57.4 Å². The summed E-state index contributed by atoms with van der Waals surface area (Å²) in [5, 5.41) is 3.99. The number of nitrogens with one attached hydrogen (secondary N) is 2. The first-order valence-electron chi connectivity index (χ1n) is 9.34. The molecule has 1 aliphatic rings. The SMILES string of the molecule is O=C(CN1C(=O)S/C(=C\c2ccccc2)C1=O)NCCc1c[nH]c2ccc(Cl)cc12. The molecule has 2 heterocycles. The Balaban J connectivity index is 1.33. The molecule has 1 saturated heterocycles. The van der Waals surface area contributed by atoms with Gasteiger partial charge in [-0.1, -0.05) is 41.9 Å². The van der Waals surface area contributed by atoms with Crippen LogP contribution in [-0.4, -0.2) is 40.0 Å². The van der Waals surface area contributed by atoms with E-state index in [-0.39, 0.29) is 12.5 Å². The number of nitrogens with zero attached hydrogens (tertiary/aromatic N) is 1. The number of H-pyrrole nitrogens is 1. The van der Waals surface area contributed by atoms with Crippen LogP contribution in [0.1, 0.15) is 11.1 Å². The second kappa shape index (κ2) is 8.77. The van der Waals surface area contributed by atoms with E-state index in [1.807, 2.05) is 54.7 Å². The standard InChI is InChI=1S/C22H18ClN3O3S/c23-16-6-7-18-17(11-16)15(12-25-18)8-9-24-20(27)13-26-21(28)19(30-22(26)29)10-14-4-2-1-3-5-14/h1-7,10-12,25H,8-9,13H2,(H,24,27)/b19-10-. The van der Waals surface area contributed by atoms with Gasteiger partial charge in [-0.15, -0.1) is 0 Å². The molecule has 6 nitrogen and oxygen atoms in total. The molecule has 0 bridgehead atoms. The first-order chi connectivity index (χ1) is 14.5. The Kier molecular flexibility index (Phi) is 5.92. The third kappa shape index (κ3) is 4.42. The van der Waals surface area contributed by atoms with Crippen LogP contribution in [0, 0.1) is 0 Å². The van der Waals surface area contributed by atoms with Crippen LogP contribution >= 0.6 is 23.4 Å². The lowest BCUT2D eigenvalue weighted by molar-refractivity contribution is -0.129. The highest BCUT2D eigenvalue weighted by molar-refractivity contribution is 8.18. The Morgan fingerprint density at radius 3 is 2.77 bits per heavy atom. The summed E-state index contributed by atoms with van der Waals surface area (Å²) in [7, 11) is 0. The van der Waals surface area contributed by atoms with Crippen molar-refractivity contribution in [3.05, 3.63) is 75.8 Å². The number of fused-ring (bicyclic) bond motifs is 1. The topological polar surface area (TPSA) is 82.3 Å². The molecule has 0 saturated carbocycles. The molecule has 3 amide bonds. The van der Waals surface area contributed by atoms with E-state index in [1.54, 1.807) is 6.08 Å². The van der Waals surface area contributed by atoms with Crippen molar-refractivity contribution in [3.63, 3.8) is 0 Å². The average Bonchev–Trinajstić information content (AvgIpc) is 3.24. The molecule has 1 aliphatic heterocycles. The number of hydrogen-bond acceptors (Lipinski definition) is 4. The summed E-state index contributed by atoms with van der Waals surface area (Å²) in [6.45, 7) is 0.0882. The summed E-state index contributed by atoms with van der Waals surface area (Å²) in [6.07, 6.45) is 4.14. The largest absolute Gasteiger partial charge is 0.361 e. The molecule has 0 atom stereocenters.